The van der Waals surface area contributed by atoms with Crippen LogP contribution in [0.15, 0.2) is 0 Å². The van der Waals surface area contributed by atoms with Gasteiger partial charge in [-0.05, 0) is 13.3 Å². The highest BCUT2D eigenvalue weighted by molar-refractivity contribution is 7.99. The quantitative estimate of drug-likeness (QED) is 0.0306. The van der Waals surface area contributed by atoms with Gasteiger partial charge in [0.15, 0.2) is 12.6 Å². The standard InChI is InChI=1S/C38H71N3O19S/c1-3-4-5-6-7-8-9-10-23(2)39-36(55)58-22-38(20-56-34-32(53)30(51)28(49)24(15-42)59-34,21-57-35-33(54)31(52)29(50)25(16-43)60-35)41-27(48)12-14-61-13-11-26(47)40-37(17-44,18-45)19-46/h23-25,28-35,42-46,49-54H,3-22H2,1-2H3,(H,39,55)(H,40,47)(H,41,48)/t23?,24?,25?,28-,29-,30+,31+,32?,33?,34-,35-,38?/m1/s1. The Hall–Kier alpha value is -2.04. The van der Waals surface area contributed by atoms with Gasteiger partial charge in [-0.15, -0.1) is 0 Å². The SMILES string of the molecule is CCCCCCCCCC(C)NC(=O)OCC(CO[C@@H]1OC(CO)[C@@H](O)[C@H](O)C1O)(CO[C@@H]1OC(CO)[C@@H](O)[C@H](O)C1O)NC(=O)CCSCCC(=O)NC(CO)(CO)CO. The molecule has 61 heavy (non-hydrogen) atoms. The van der Waals surface area contributed by atoms with Crippen LogP contribution in [0.3, 0.4) is 0 Å². The van der Waals surface area contributed by atoms with Gasteiger partial charge < -0.3 is 95.8 Å². The summed E-state index contributed by atoms with van der Waals surface area (Å²) < 4.78 is 28.2. The first kappa shape index (κ1) is 55.1. The molecule has 11 atom stereocenters. The maximum absolute atomic E-state index is 13.6. The van der Waals surface area contributed by atoms with Crippen LogP contribution in [0.4, 0.5) is 4.79 Å². The Morgan fingerprint density at radius 2 is 1.07 bits per heavy atom. The van der Waals surface area contributed by atoms with E-state index >= 15 is 0 Å². The molecule has 0 aromatic rings. The van der Waals surface area contributed by atoms with Crippen molar-refractivity contribution in [3.05, 3.63) is 0 Å². The molecule has 358 valence electrons. The van der Waals surface area contributed by atoms with E-state index in [4.69, 9.17) is 23.7 Å². The van der Waals surface area contributed by atoms with E-state index in [2.05, 4.69) is 22.9 Å². The lowest BCUT2D eigenvalue weighted by atomic mass is 9.98. The first-order chi connectivity index (χ1) is 29.0. The number of aliphatic hydroxyl groups excluding tert-OH is 11. The maximum atomic E-state index is 13.6. The number of hydrogen-bond donors (Lipinski definition) is 14. The van der Waals surface area contributed by atoms with Gasteiger partial charge in [0.25, 0.3) is 0 Å². The zero-order valence-electron chi connectivity index (χ0n) is 35.1. The molecule has 22 nitrogen and oxygen atoms in total. The number of amides is 3. The molecule has 14 N–H and O–H groups in total. The van der Waals surface area contributed by atoms with Gasteiger partial charge in [-0.25, -0.2) is 4.79 Å². The van der Waals surface area contributed by atoms with Gasteiger partial charge in [0.05, 0.1) is 46.2 Å². The maximum Gasteiger partial charge on any atom is 0.407 e. The molecule has 3 amide bonds. The van der Waals surface area contributed by atoms with E-state index in [1.54, 1.807) is 6.92 Å². The fourth-order valence-electron chi connectivity index (χ4n) is 6.47. The highest BCUT2D eigenvalue weighted by atomic mass is 32.2. The van der Waals surface area contributed by atoms with Crippen molar-refractivity contribution in [3.63, 3.8) is 0 Å². The molecular formula is C38H71N3O19S. The largest absolute Gasteiger partial charge is 0.447 e. The van der Waals surface area contributed by atoms with Crippen molar-refractivity contribution in [2.45, 2.75) is 157 Å². The topological polar surface area (TPSA) is 356 Å². The number of rotatable bonds is 30. The zero-order chi connectivity index (χ0) is 45.6. The molecule has 2 fully saturated rings. The van der Waals surface area contributed by atoms with Crippen LogP contribution >= 0.6 is 11.8 Å². The Balaban J connectivity index is 2.28. The lowest BCUT2D eigenvalue weighted by Crippen LogP contribution is -2.64. The second-order valence-corrected chi connectivity index (χ2v) is 17.0. The number of hydrogen-bond acceptors (Lipinski definition) is 20. The van der Waals surface area contributed by atoms with E-state index in [9.17, 15) is 70.6 Å². The average Bonchev–Trinajstić information content (AvgIpc) is 3.25. The zero-order valence-corrected chi connectivity index (χ0v) is 35.9. The summed E-state index contributed by atoms with van der Waals surface area (Å²) in [5.41, 5.74) is -3.55. The number of aliphatic hydroxyl groups is 11. The predicted molar refractivity (Wildman–Crippen MR) is 216 cm³/mol. The molecule has 0 aliphatic carbocycles. The second-order valence-electron chi connectivity index (χ2n) is 15.8. The fourth-order valence-corrected chi connectivity index (χ4v) is 7.33. The molecule has 2 saturated heterocycles. The molecule has 0 spiro atoms. The average molecular weight is 906 g/mol. The van der Waals surface area contributed by atoms with Crippen LogP contribution < -0.4 is 16.0 Å². The molecule has 2 heterocycles. The summed E-state index contributed by atoms with van der Waals surface area (Å²) in [6.07, 6.45) is -10.1. The summed E-state index contributed by atoms with van der Waals surface area (Å²) in [6, 6.07) is -0.311. The number of thioether (sulfide) groups is 1. The molecule has 23 heteroatoms. The lowest BCUT2D eigenvalue weighted by molar-refractivity contribution is -0.315. The summed E-state index contributed by atoms with van der Waals surface area (Å²) in [4.78, 5) is 39.1. The van der Waals surface area contributed by atoms with Crippen molar-refractivity contribution in [1.82, 2.24) is 16.0 Å². The highest BCUT2D eigenvalue weighted by Gasteiger charge is 2.48. The summed E-state index contributed by atoms with van der Waals surface area (Å²) in [7, 11) is 0. The third kappa shape index (κ3) is 18.2. The summed E-state index contributed by atoms with van der Waals surface area (Å²) in [6.45, 7) is -1.90. The minimum absolute atomic E-state index is 0.0990. The van der Waals surface area contributed by atoms with E-state index in [0.29, 0.717) is 6.42 Å². The number of carbonyl (C=O) groups excluding carboxylic acids is 3. The third-order valence-corrected chi connectivity index (χ3v) is 11.5. The molecule has 0 aromatic heterocycles. The summed E-state index contributed by atoms with van der Waals surface area (Å²) >= 11 is 1.18. The normalized spacial score (nSPS) is 28.4. The number of nitrogens with one attached hydrogen (secondary N) is 3. The monoisotopic (exact) mass is 905 g/mol. The first-order valence-electron chi connectivity index (χ1n) is 20.8. The fraction of sp³-hybridized carbons (Fsp3) is 0.921. The Morgan fingerprint density at radius 3 is 1.51 bits per heavy atom. The van der Waals surface area contributed by atoms with Gasteiger partial charge in [-0.2, -0.15) is 11.8 Å². The molecule has 2 aliphatic heterocycles. The van der Waals surface area contributed by atoms with Gasteiger partial charge in [-0.1, -0.05) is 51.9 Å². The van der Waals surface area contributed by atoms with Gasteiger partial charge >= 0.3 is 6.09 Å². The number of alkyl carbamates (subject to hydrolysis) is 1. The van der Waals surface area contributed by atoms with E-state index in [-0.39, 0.29) is 30.4 Å². The summed E-state index contributed by atoms with van der Waals surface area (Å²) in [5.74, 6) is -0.957. The van der Waals surface area contributed by atoms with Gasteiger partial charge in [0.1, 0.15) is 66.5 Å². The molecule has 0 bridgehead atoms. The van der Waals surface area contributed by atoms with Crippen LogP contribution in [0.25, 0.3) is 0 Å². The van der Waals surface area contributed by atoms with Crippen molar-refractivity contribution >= 4 is 29.7 Å². The minimum atomic E-state index is -1.94. The first-order valence-corrected chi connectivity index (χ1v) is 22.0. The molecule has 5 unspecified atom stereocenters. The van der Waals surface area contributed by atoms with Crippen LogP contribution in [-0.4, -0.2) is 217 Å². The smallest absolute Gasteiger partial charge is 0.407 e. The Bertz CT molecular complexity index is 1200. The molecule has 0 radical (unpaired) electrons. The molecule has 2 rings (SSSR count). The molecule has 0 aromatic carbocycles. The van der Waals surface area contributed by atoms with Gasteiger partial charge in [0.2, 0.25) is 11.8 Å². The van der Waals surface area contributed by atoms with Crippen LogP contribution in [0.2, 0.25) is 0 Å². The van der Waals surface area contributed by atoms with Crippen molar-refractivity contribution in [2.24, 2.45) is 0 Å². The Morgan fingerprint density at radius 1 is 0.623 bits per heavy atom. The van der Waals surface area contributed by atoms with Crippen molar-refractivity contribution < 1.29 is 94.2 Å². The van der Waals surface area contributed by atoms with Gasteiger partial charge in [-0.3, -0.25) is 9.59 Å². The van der Waals surface area contributed by atoms with Crippen molar-refractivity contribution in [2.75, 3.05) is 64.4 Å². The summed E-state index contributed by atoms with van der Waals surface area (Å²) in [5, 5.41) is 118. The number of carbonyl (C=O) groups is 3. The van der Waals surface area contributed by atoms with Crippen LogP contribution in [0.1, 0.15) is 78.1 Å². The van der Waals surface area contributed by atoms with Crippen molar-refractivity contribution in [3.8, 4) is 0 Å². The minimum Gasteiger partial charge on any atom is -0.447 e. The van der Waals surface area contributed by atoms with E-state index in [0.717, 1.165) is 38.5 Å². The lowest BCUT2D eigenvalue weighted by Gasteiger charge is -2.43. The van der Waals surface area contributed by atoms with E-state index < -0.39 is 143 Å². The van der Waals surface area contributed by atoms with E-state index in [1.807, 2.05) is 0 Å². The second kappa shape index (κ2) is 28.7. The Kier molecular flexibility index (Phi) is 25.9. The Labute approximate surface area is 360 Å². The van der Waals surface area contributed by atoms with Crippen LogP contribution in [0, 0.1) is 0 Å². The number of ether oxygens (including phenoxy) is 5. The molecule has 2 aliphatic rings. The van der Waals surface area contributed by atoms with Gasteiger partial charge in [0, 0.05) is 30.4 Å². The number of unbranched alkanes of at least 4 members (excludes halogenated alkanes) is 6. The predicted octanol–water partition coefficient (Wildman–Crippen LogP) is -3.92. The molecular weight excluding hydrogens is 834 g/mol. The van der Waals surface area contributed by atoms with Crippen LogP contribution in [-0.2, 0) is 33.3 Å². The van der Waals surface area contributed by atoms with Crippen LogP contribution in [0.5, 0.6) is 0 Å². The highest BCUT2D eigenvalue weighted by Crippen LogP contribution is 2.26. The van der Waals surface area contributed by atoms with E-state index in [1.165, 1.54) is 18.2 Å². The molecule has 0 saturated carbocycles. The van der Waals surface area contributed by atoms with Crippen molar-refractivity contribution in [1.29, 1.82) is 0 Å². The third-order valence-electron chi connectivity index (χ3n) is 10.5.